The molecule has 92 valence electrons. The van der Waals surface area contributed by atoms with E-state index < -0.39 is 0 Å². The van der Waals surface area contributed by atoms with Crippen LogP contribution in [0, 0.1) is 6.92 Å². The van der Waals surface area contributed by atoms with Gasteiger partial charge in [-0.1, -0.05) is 23.8 Å². The zero-order chi connectivity index (χ0) is 12.7. The molecule has 1 aromatic heterocycles. The second-order valence-corrected chi connectivity index (χ2v) is 5.28. The Bertz CT molecular complexity index is 611. The number of hydrogen-bond donors (Lipinski definition) is 1. The molecule has 1 aliphatic rings. The van der Waals surface area contributed by atoms with Crippen LogP contribution >= 0.6 is 12.2 Å². The lowest BCUT2D eigenvalue weighted by molar-refractivity contribution is 0.835. The Hall–Kier alpha value is -1.68. The number of aromatic nitrogens is 2. The van der Waals surface area contributed by atoms with E-state index in [1.165, 1.54) is 18.5 Å². The van der Waals surface area contributed by atoms with Crippen molar-refractivity contribution in [1.82, 2.24) is 9.78 Å². The average molecular weight is 257 g/mol. The van der Waals surface area contributed by atoms with Gasteiger partial charge in [0.15, 0.2) is 0 Å². The summed E-state index contributed by atoms with van der Waals surface area (Å²) in [6.07, 6.45) is 4.50. The van der Waals surface area contributed by atoms with Gasteiger partial charge in [0.2, 0.25) is 0 Å². The molecule has 1 fully saturated rings. The molecule has 4 heteroatoms. The van der Waals surface area contributed by atoms with Gasteiger partial charge in [0, 0.05) is 17.7 Å². The summed E-state index contributed by atoms with van der Waals surface area (Å²) >= 11 is 5.12. The SMILES string of the molecule is Cc1ccc(-n2ccc(C3CC3)n2)c(C(N)=S)c1. The van der Waals surface area contributed by atoms with Gasteiger partial charge < -0.3 is 5.73 Å². The third kappa shape index (κ3) is 2.04. The van der Waals surface area contributed by atoms with Crippen LogP contribution in [0.3, 0.4) is 0 Å². The van der Waals surface area contributed by atoms with Gasteiger partial charge in [0.25, 0.3) is 0 Å². The van der Waals surface area contributed by atoms with Crippen LogP contribution in [-0.2, 0) is 0 Å². The van der Waals surface area contributed by atoms with Gasteiger partial charge in [-0.2, -0.15) is 5.10 Å². The predicted octanol–water partition coefficient (Wildman–Crippen LogP) is 2.69. The van der Waals surface area contributed by atoms with Crippen molar-refractivity contribution in [2.75, 3.05) is 0 Å². The first kappa shape index (κ1) is 11.4. The number of aryl methyl sites for hydroxylation is 1. The molecule has 0 spiro atoms. The molecular formula is C14H15N3S. The van der Waals surface area contributed by atoms with Crippen molar-refractivity contribution in [2.45, 2.75) is 25.7 Å². The summed E-state index contributed by atoms with van der Waals surface area (Å²) in [5.41, 5.74) is 9.95. The van der Waals surface area contributed by atoms with Gasteiger partial charge >= 0.3 is 0 Å². The Morgan fingerprint density at radius 3 is 2.83 bits per heavy atom. The molecular weight excluding hydrogens is 242 g/mol. The van der Waals surface area contributed by atoms with E-state index in [-0.39, 0.29) is 0 Å². The molecule has 0 saturated heterocycles. The molecule has 0 unspecified atom stereocenters. The third-order valence-electron chi connectivity index (χ3n) is 3.27. The van der Waals surface area contributed by atoms with Crippen LogP contribution in [-0.4, -0.2) is 14.8 Å². The van der Waals surface area contributed by atoms with Crippen molar-refractivity contribution in [3.8, 4) is 5.69 Å². The lowest BCUT2D eigenvalue weighted by Crippen LogP contribution is -2.14. The van der Waals surface area contributed by atoms with E-state index in [0.29, 0.717) is 10.9 Å². The van der Waals surface area contributed by atoms with Gasteiger partial charge in [-0.15, -0.1) is 0 Å². The summed E-state index contributed by atoms with van der Waals surface area (Å²) in [7, 11) is 0. The zero-order valence-electron chi connectivity index (χ0n) is 10.3. The van der Waals surface area contributed by atoms with Crippen LogP contribution in [0.15, 0.2) is 30.5 Å². The Morgan fingerprint density at radius 1 is 1.39 bits per heavy atom. The molecule has 0 amide bonds. The van der Waals surface area contributed by atoms with Crippen LogP contribution in [0.5, 0.6) is 0 Å². The van der Waals surface area contributed by atoms with E-state index >= 15 is 0 Å². The van der Waals surface area contributed by atoms with Crippen LogP contribution < -0.4 is 5.73 Å². The Labute approximate surface area is 112 Å². The number of hydrogen-bond acceptors (Lipinski definition) is 2. The normalized spacial score (nSPS) is 14.7. The number of thiocarbonyl (C=S) groups is 1. The maximum atomic E-state index is 5.79. The van der Waals surface area contributed by atoms with Gasteiger partial charge in [-0.05, 0) is 38.0 Å². The molecule has 0 atom stereocenters. The van der Waals surface area contributed by atoms with Gasteiger partial charge in [-0.25, -0.2) is 4.68 Å². The minimum absolute atomic E-state index is 0.414. The van der Waals surface area contributed by atoms with E-state index in [0.717, 1.165) is 16.8 Å². The molecule has 3 nitrogen and oxygen atoms in total. The zero-order valence-corrected chi connectivity index (χ0v) is 11.1. The predicted molar refractivity (Wildman–Crippen MR) is 76.2 cm³/mol. The van der Waals surface area contributed by atoms with E-state index in [2.05, 4.69) is 17.2 Å². The molecule has 2 N–H and O–H groups in total. The molecule has 18 heavy (non-hydrogen) atoms. The van der Waals surface area contributed by atoms with Gasteiger partial charge in [-0.3, -0.25) is 0 Å². The van der Waals surface area contributed by atoms with Crippen LogP contribution in [0.4, 0.5) is 0 Å². The highest BCUT2D eigenvalue weighted by molar-refractivity contribution is 7.80. The fourth-order valence-electron chi connectivity index (χ4n) is 2.12. The highest BCUT2D eigenvalue weighted by Gasteiger charge is 2.26. The number of rotatable bonds is 3. The smallest absolute Gasteiger partial charge is 0.106 e. The monoisotopic (exact) mass is 257 g/mol. The molecule has 0 aliphatic heterocycles. The fraction of sp³-hybridized carbons (Fsp3) is 0.286. The van der Waals surface area contributed by atoms with E-state index in [1.807, 2.05) is 29.9 Å². The van der Waals surface area contributed by atoms with E-state index in [9.17, 15) is 0 Å². The van der Waals surface area contributed by atoms with E-state index in [4.69, 9.17) is 18.0 Å². The summed E-state index contributed by atoms with van der Waals surface area (Å²) < 4.78 is 1.88. The highest BCUT2D eigenvalue weighted by atomic mass is 32.1. The van der Waals surface area contributed by atoms with Crippen LogP contribution in [0.25, 0.3) is 5.69 Å². The molecule has 3 rings (SSSR count). The van der Waals surface area contributed by atoms with Crippen molar-refractivity contribution in [1.29, 1.82) is 0 Å². The summed E-state index contributed by atoms with van der Waals surface area (Å²) in [5, 5.41) is 4.62. The molecule has 1 saturated carbocycles. The summed E-state index contributed by atoms with van der Waals surface area (Å²) in [4.78, 5) is 0.414. The number of nitrogens with two attached hydrogens (primary N) is 1. The maximum absolute atomic E-state index is 5.79. The van der Waals surface area contributed by atoms with Crippen molar-refractivity contribution in [3.63, 3.8) is 0 Å². The Morgan fingerprint density at radius 2 is 2.17 bits per heavy atom. The largest absolute Gasteiger partial charge is 0.389 e. The summed E-state index contributed by atoms with van der Waals surface area (Å²) in [6.45, 7) is 2.03. The molecule has 1 aliphatic carbocycles. The second kappa shape index (κ2) is 4.21. The standard InChI is InChI=1S/C14H15N3S/c1-9-2-5-13(11(8-9)14(15)18)17-7-6-12(16-17)10-3-4-10/h2,5-8,10H,3-4H2,1H3,(H2,15,18). The van der Waals surface area contributed by atoms with Crippen LogP contribution in [0.1, 0.15) is 35.6 Å². The third-order valence-corrected chi connectivity index (χ3v) is 3.49. The summed E-state index contributed by atoms with van der Waals surface area (Å²) in [6, 6.07) is 8.17. The minimum Gasteiger partial charge on any atom is -0.389 e. The fourth-order valence-corrected chi connectivity index (χ4v) is 2.28. The van der Waals surface area contributed by atoms with Gasteiger partial charge in [0.1, 0.15) is 4.99 Å². The van der Waals surface area contributed by atoms with Gasteiger partial charge in [0.05, 0.1) is 11.4 Å². The quantitative estimate of drug-likeness (QED) is 0.860. The average Bonchev–Trinajstić information content (AvgIpc) is 3.08. The number of benzene rings is 1. The van der Waals surface area contributed by atoms with Crippen molar-refractivity contribution < 1.29 is 0 Å². The van der Waals surface area contributed by atoms with Crippen LogP contribution in [0.2, 0.25) is 0 Å². The first-order chi connectivity index (χ1) is 8.65. The lowest BCUT2D eigenvalue weighted by Gasteiger charge is -2.09. The minimum atomic E-state index is 0.414. The highest BCUT2D eigenvalue weighted by Crippen LogP contribution is 2.39. The molecule has 2 aromatic rings. The second-order valence-electron chi connectivity index (χ2n) is 4.84. The van der Waals surface area contributed by atoms with Crippen molar-refractivity contribution >= 4 is 17.2 Å². The van der Waals surface area contributed by atoms with Crippen molar-refractivity contribution in [3.05, 3.63) is 47.3 Å². The molecule has 0 bridgehead atoms. The maximum Gasteiger partial charge on any atom is 0.106 e. The lowest BCUT2D eigenvalue weighted by atomic mass is 10.1. The Balaban J connectivity index is 2.06. The Kier molecular flexibility index (Phi) is 2.67. The van der Waals surface area contributed by atoms with E-state index in [1.54, 1.807) is 0 Å². The molecule has 1 heterocycles. The topological polar surface area (TPSA) is 43.8 Å². The summed E-state index contributed by atoms with van der Waals surface area (Å²) in [5.74, 6) is 0.657. The first-order valence-electron chi connectivity index (χ1n) is 6.11. The number of nitrogens with zero attached hydrogens (tertiary/aromatic N) is 2. The first-order valence-corrected chi connectivity index (χ1v) is 6.52. The van der Waals surface area contributed by atoms with Crippen molar-refractivity contribution in [2.24, 2.45) is 5.73 Å². The molecule has 0 radical (unpaired) electrons. The molecule has 1 aromatic carbocycles.